The highest BCUT2D eigenvalue weighted by Crippen LogP contribution is 2.32. The highest BCUT2D eigenvalue weighted by molar-refractivity contribution is 7.99. The van der Waals surface area contributed by atoms with Crippen molar-refractivity contribution in [2.75, 3.05) is 25.4 Å². The van der Waals surface area contributed by atoms with Crippen LogP contribution in [0.3, 0.4) is 0 Å². The van der Waals surface area contributed by atoms with E-state index in [0.717, 1.165) is 31.8 Å². The Hall–Kier alpha value is -0.460. The predicted molar refractivity (Wildman–Crippen MR) is 72.8 cm³/mol. The van der Waals surface area contributed by atoms with Crippen LogP contribution in [0.1, 0.15) is 19.4 Å². The number of halogens is 4. The van der Waals surface area contributed by atoms with E-state index in [1.807, 2.05) is 13.8 Å². The van der Waals surface area contributed by atoms with Gasteiger partial charge in [0.1, 0.15) is 5.15 Å². The second kappa shape index (κ2) is 7.36. The maximum atomic E-state index is 12.6. The van der Waals surface area contributed by atoms with E-state index >= 15 is 0 Å². The fourth-order valence-electron chi connectivity index (χ4n) is 1.53. The molecule has 0 atom stereocenters. The fraction of sp³-hybridized carbons (Fsp3) is 0.583. The van der Waals surface area contributed by atoms with Gasteiger partial charge in [0.15, 0.2) is 0 Å². The van der Waals surface area contributed by atoms with E-state index in [4.69, 9.17) is 11.6 Å². The molecule has 1 heterocycles. The van der Waals surface area contributed by atoms with Crippen molar-refractivity contribution in [3.8, 4) is 0 Å². The number of aromatic nitrogens is 1. The van der Waals surface area contributed by atoms with Crippen LogP contribution in [-0.2, 0) is 6.18 Å². The van der Waals surface area contributed by atoms with Crippen molar-refractivity contribution in [3.63, 3.8) is 0 Å². The molecule has 0 aliphatic rings. The van der Waals surface area contributed by atoms with Gasteiger partial charge in [0, 0.05) is 12.3 Å². The van der Waals surface area contributed by atoms with E-state index < -0.39 is 11.7 Å². The third-order valence-electron chi connectivity index (χ3n) is 2.65. The summed E-state index contributed by atoms with van der Waals surface area (Å²) >= 11 is 6.90. The summed E-state index contributed by atoms with van der Waals surface area (Å²) in [4.78, 5) is 6.10. The SMILES string of the molecule is CCN(CC)CCSc1cc(C(F)(F)F)cc(Cl)n1. The van der Waals surface area contributed by atoms with Gasteiger partial charge in [-0.25, -0.2) is 4.98 Å². The number of alkyl halides is 3. The molecule has 1 aromatic rings. The molecule has 0 saturated heterocycles. The number of hydrogen-bond acceptors (Lipinski definition) is 3. The molecular formula is C12H16ClF3N2S. The zero-order chi connectivity index (χ0) is 14.5. The van der Waals surface area contributed by atoms with Gasteiger partial charge < -0.3 is 4.90 Å². The number of nitrogens with zero attached hydrogens (tertiary/aromatic N) is 2. The van der Waals surface area contributed by atoms with Gasteiger partial charge in [0.05, 0.1) is 10.6 Å². The van der Waals surface area contributed by atoms with Gasteiger partial charge in [-0.15, -0.1) is 11.8 Å². The summed E-state index contributed by atoms with van der Waals surface area (Å²) in [6.07, 6.45) is -4.39. The van der Waals surface area contributed by atoms with Crippen LogP contribution in [0.5, 0.6) is 0 Å². The maximum Gasteiger partial charge on any atom is 0.416 e. The summed E-state index contributed by atoms with van der Waals surface area (Å²) in [5, 5.41) is 0.187. The summed E-state index contributed by atoms with van der Waals surface area (Å²) < 4.78 is 37.8. The lowest BCUT2D eigenvalue weighted by molar-refractivity contribution is -0.137. The Morgan fingerprint density at radius 2 is 1.89 bits per heavy atom. The van der Waals surface area contributed by atoms with Crippen LogP contribution in [0, 0.1) is 0 Å². The number of pyridine rings is 1. The summed E-state index contributed by atoms with van der Waals surface area (Å²) in [5.74, 6) is 0.687. The third-order valence-corrected chi connectivity index (χ3v) is 3.74. The fourth-order valence-corrected chi connectivity index (χ4v) is 2.72. The zero-order valence-corrected chi connectivity index (χ0v) is 12.4. The first-order valence-electron chi connectivity index (χ1n) is 5.96. The van der Waals surface area contributed by atoms with Crippen LogP contribution in [0.4, 0.5) is 13.2 Å². The Balaban J connectivity index is 2.66. The average Bonchev–Trinajstić information content (AvgIpc) is 2.33. The number of hydrogen-bond donors (Lipinski definition) is 0. The lowest BCUT2D eigenvalue weighted by atomic mass is 10.3. The summed E-state index contributed by atoms with van der Waals surface area (Å²) in [6, 6.07) is 1.88. The van der Waals surface area contributed by atoms with Crippen molar-refractivity contribution in [1.29, 1.82) is 0 Å². The van der Waals surface area contributed by atoms with Gasteiger partial charge in [0.25, 0.3) is 0 Å². The summed E-state index contributed by atoms with van der Waals surface area (Å²) in [7, 11) is 0. The first-order chi connectivity index (χ1) is 8.86. The van der Waals surface area contributed by atoms with Crippen LogP contribution < -0.4 is 0 Å². The van der Waals surface area contributed by atoms with E-state index in [1.165, 1.54) is 11.8 Å². The lowest BCUT2D eigenvalue weighted by Crippen LogP contribution is -2.25. The smallest absolute Gasteiger partial charge is 0.303 e. The molecule has 0 saturated carbocycles. The zero-order valence-electron chi connectivity index (χ0n) is 10.8. The molecule has 0 bridgehead atoms. The molecule has 1 aromatic heterocycles. The van der Waals surface area contributed by atoms with Crippen LogP contribution in [0.25, 0.3) is 0 Å². The van der Waals surface area contributed by atoms with Crippen molar-refractivity contribution in [3.05, 3.63) is 22.8 Å². The minimum atomic E-state index is -4.39. The van der Waals surface area contributed by atoms with Crippen LogP contribution in [0.2, 0.25) is 5.15 Å². The largest absolute Gasteiger partial charge is 0.416 e. The Morgan fingerprint density at radius 1 is 1.26 bits per heavy atom. The standard InChI is InChI=1S/C12H16ClF3N2S/c1-3-18(4-2)5-6-19-11-8-9(12(14,15)16)7-10(13)17-11/h7-8H,3-6H2,1-2H3. The number of thioether (sulfide) groups is 1. The molecule has 2 nitrogen and oxygen atoms in total. The molecule has 7 heteroatoms. The van der Waals surface area contributed by atoms with Crippen molar-refractivity contribution in [1.82, 2.24) is 9.88 Å². The van der Waals surface area contributed by atoms with Crippen molar-refractivity contribution < 1.29 is 13.2 Å². The molecule has 0 aliphatic heterocycles. The van der Waals surface area contributed by atoms with Crippen LogP contribution in [-0.4, -0.2) is 35.3 Å². The van der Waals surface area contributed by atoms with Crippen molar-refractivity contribution in [2.45, 2.75) is 25.0 Å². The van der Waals surface area contributed by atoms with Gasteiger partial charge in [0.2, 0.25) is 0 Å². The molecule has 0 aliphatic carbocycles. The van der Waals surface area contributed by atoms with Gasteiger partial charge in [-0.3, -0.25) is 0 Å². The lowest BCUT2D eigenvalue weighted by Gasteiger charge is -2.17. The molecule has 0 N–H and O–H groups in total. The molecule has 19 heavy (non-hydrogen) atoms. The Bertz CT molecular complexity index is 408. The average molecular weight is 313 g/mol. The highest BCUT2D eigenvalue weighted by atomic mass is 35.5. The first kappa shape index (κ1) is 16.6. The van der Waals surface area contributed by atoms with Crippen molar-refractivity contribution >= 4 is 23.4 Å². The van der Waals surface area contributed by atoms with E-state index in [9.17, 15) is 13.2 Å². The van der Waals surface area contributed by atoms with E-state index in [1.54, 1.807) is 0 Å². The molecule has 0 fully saturated rings. The van der Waals surface area contributed by atoms with E-state index in [0.29, 0.717) is 10.8 Å². The molecule has 1 rings (SSSR count). The molecule has 0 radical (unpaired) electrons. The van der Waals surface area contributed by atoms with Gasteiger partial charge in [-0.2, -0.15) is 13.2 Å². The topological polar surface area (TPSA) is 16.1 Å². The molecule has 0 spiro atoms. The molecular weight excluding hydrogens is 297 g/mol. The van der Waals surface area contributed by atoms with Gasteiger partial charge >= 0.3 is 6.18 Å². The Morgan fingerprint density at radius 3 is 2.42 bits per heavy atom. The van der Waals surface area contributed by atoms with Gasteiger partial charge in [-0.05, 0) is 25.2 Å². The minimum absolute atomic E-state index is 0.125. The molecule has 0 unspecified atom stereocenters. The maximum absolute atomic E-state index is 12.6. The Kier molecular flexibility index (Phi) is 6.42. The van der Waals surface area contributed by atoms with E-state index in [-0.39, 0.29) is 5.15 Å². The molecule has 0 aromatic carbocycles. The second-order valence-electron chi connectivity index (χ2n) is 3.89. The van der Waals surface area contributed by atoms with E-state index in [2.05, 4.69) is 9.88 Å². The minimum Gasteiger partial charge on any atom is -0.303 e. The Labute approximate surface area is 120 Å². The van der Waals surface area contributed by atoms with Crippen molar-refractivity contribution in [2.24, 2.45) is 0 Å². The second-order valence-corrected chi connectivity index (χ2v) is 5.39. The monoisotopic (exact) mass is 312 g/mol. The van der Waals surface area contributed by atoms with Gasteiger partial charge in [-0.1, -0.05) is 25.4 Å². The predicted octanol–water partition coefficient (Wildman–Crippen LogP) is 4.19. The highest BCUT2D eigenvalue weighted by Gasteiger charge is 2.31. The first-order valence-corrected chi connectivity index (χ1v) is 7.33. The molecule has 108 valence electrons. The summed E-state index contributed by atoms with van der Waals surface area (Å²) in [5.41, 5.74) is -0.752. The normalized spacial score (nSPS) is 12.2. The number of rotatable bonds is 6. The molecule has 0 amide bonds. The van der Waals surface area contributed by atoms with Crippen LogP contribution in [0.15, 0.2) is 17.2 Å². The van der Waals surface area contributed by atoms with Crippen LogP contribution >= 0.6 is 23.4 Å². The quantitative estimate of drug-likeness (QED) is 0.579. The third kappa shape index (κ3) is 5.58. The summed E-state index contributed by atoms with van der Waals surface area (Å²) in [6.45, 7) is 6.76.